The fourth-order valence-corrected chi connectivity index (χ4v) is 2.47. The third-order valence-corrected chi connectivity index (χ3v) is 3.47. The Labute approximate surface area is 106 Å². The number of unbranched alkanes of at least 4 members (excludes halogenated alkanes) is 1. The average molecular weight is 245 g/mol. The Kier molecular flexibility index (Phi) is 3.15. The van der Waals surface area contributed by atoms with Crippen LogP contribution in [-0.2, 0) is 12.8 Å². The van der Waals surface area contributed by atoms with Gasteiger partial charge in [-0.15, -0.1) is 0 Å². The lowest BCUT2D eigenvalue weighted by molar-refractivity contribution is 0.543. The summed E-state index contributed by atoms with van der Waals surface area (Å²) in [6.07, 6.45) is 8.13. The molecule has 2 aromatic rings. The molecule has 2 aromatic heterocycles. The van der Waals surface area contributed by atoms with Crippen LogP contribution >= 0.6 is 0 Å². The van der Waals surface area contributed by atoms with E-state index in [0.717, 1.165) is 36.6 Å². The van der Waals surface area contributed by atoms with Gasteiger partial charge in [-0.25, -0.2) is 9.97 Å². The van der Waals surface area contributed by atoms with Crippen molar-refractivity contribution in [2.45, 2.75) is 38.6 Å². The summed E-state index contributed by atoms with van der Waals surface area (Å²) in [7, 11) is 0. The lowest BCUT2D eigenvalue weighted by atomic mass is 10.0. The van der Waals surface area contributed by atoms with E-state index < -0.39 is 0 Å². The number of hydrogen-bond acceptors (Lipinski definition) is 3. The van der Waals surface area contributed by atoms with Gasteiger partial charge in [-0.05, 0) is 6.42 Å². The molecule has 0 spiro atoms. The smallest absolute Gasteiger partial charge is 0.106 e. The topological polar surface area (TPSA) is 69.4 Å². The number of aromatic amines is 2. The maximum atomic E-state index is 4.45. The van der Waals surface area contributed by atoms with Crippen molar-refractivity contribution in [3.8, 4) is 0 Å². The molecule has 3 N–H and O–H groups in total. The summed E-state index contributed by atoms with van der Waals surface area (Å²) in [6.45, 7) is 3.17. The first-order valence-electron chi connectivity index (χ1n) is 6.67. The number of rotatable bonds is 4. The number of H-pyrrole nitrogens is 2. The lowest BCUT2D eigenvalue weighted by Crippen LogP contribution is -2.30. The monoisotopic (exact) mass is 245 g/mol. The fourth-order valence-electron chi connectivity index (χ4n) is 2.47. The summed E-state index contributed by atoms with van der Waals surface area (Å²) in [6, 6.07) is 0.155. The van der Waals surface area contributed by atoms with Crippen molar-refractivity contribution in [2.75, 3.05) is 6.54 Å². The third-order valence-electron chi connectivity index (χ3n) is 3.47. The van der Waals surface area contributed by atoms with Crippen molar-refractivity contribution < 1.29 is 0 Å². The maximum absolute atomic E-state index is 4.45. The van der Waals surface area contributed by atoms with Crippen LogP contribution in [0, 0.1) is 0 Å². The largest absolute Gasteiger partial charge is 0.348 e. The summed E-state index contributed by atoms with van der Waals surface area (Å²) < 4.78 is 0. The molecule has 18 heavy (non-hydrogen) atoms. The molecule has 5 heteroatoms. The first kappa shape index (κ1) is 11.5. The first-order chi connectivity index (χ1) is 8.88. The number of aryl methyl sites for hydroxylation is 1. The molecule has 3 rings (SSSR count). The van der Waals surface area contributed by atoms with Gasteiger partial charge >= 0.3 is 0 Å². The van der Waals surface area contributed by atoms with Crippen LogP contribution < -0.4 is 5.32 Å². The van der Waals surface area contributed by atoms with E-state index in [0.29, 0.717) is 0 Å². The number of imidazole rings is 2. The summed E-state index contributed by atoms with van der Waals surface area (Å²) in [5.74, 6) is 1.08. The van der Waals surface area contributed by atoms with Crippen molar-refractivity contribution in [3.63, 3.8) is 0 Å². The second-order valence-corrected chi connectivity index (χ2v) is 4.79. The lowest BCUT2D eigenvalue weighted by Gasteiger charge is -2.21. The van der Waals surface area contributed by atoms with Gasteiger partial charge < -0.3 is 15.3 Å². The predicted octanol–water partition coefficient (Wildman–Crippen LogP) is 1.71. The highest BCUT2D eigenvalue weighted by atomic mass is 15.0. The zero-order chi connectivity index (χ0) is 12.4. The quantitative estimate of drug-likeness (QED) is 0.768. The standard InChI is InChI=1S/C13H19N5/c1-2-3-4-11-15-7-10(18-11)13-12-9(5-6-14-13)16-8-17-12/h7-8,13-14H,2-6H2,1H3,(H,15,18)(H,16,17)/t13-/m0/s1. The Morgan fingerprint density at radius 1 is 1.39 bits per heavy atom. The molecule has 0 aliphatic carbocycles. The minimum absolute atomic E-state index is 0.155. The van der Waals surface area contributed by atoms with Crippen LogP contribution in [0.2, 0.25) is 0 Å². The van der Waals surface area contributed by atoms with Crippen LogP contribution in [0.3, 0.4) is 0 Å². The zero-order valence-electron chi connectivity index (χ0n) is 10.7. The van der Waals surface area contributed by atoms with E-state index in [9.17, 15) is 0 Å². The number of nitrogens with zero attached hydrogens (tertiary/aromatic N) is 2. The third kappa shape index (κ3) is 2.06. The van der Waals surface area contributed by atoms with E-state index in [1.807, 2.05) is 6.20 Å². The summed E-state index contributed by atoms with van der Waals surface area (Å²) in [5, 5.41) is 3.49. The summed E-state index contributed by atoms with van der Waals surface area (Å²) in [5.41, 5.74) is 3.46. The number of hydrogen-bond donors (Lipinski definition) is 3. The second-order valence-electron chi connectivity index (χ2n) is 4.79. The van der Waals surface area contributed by atoms with Gasteiger partial charge in [-0.3, -0.25) is 0 Å². The molecule has 0 unspecified atom stereocenters. The van der Waals surface area contributed by atoms with E-state index in [2.05, 4.69) is 32.2 Å². The summed E-state index contributed by atoms with van der Waals surface area (Å²) >= 11 is 0. The van der Waals surface area contributed by atoms with Gasteiger partial charge in [0.15, 0.2) is 0 Å². The number of fused-ring (bicyclic) bond motifs is 1. The highest BCUT2D eigenvalue weighted by Gasteiger charge is 2.24. The average Bonchev–Trinajstić information content (AvgIpc) is 3.04. The Balaban J connectivity index is 1.82. The molecule has 96 valence electrons. The van der Waals surface area contributed by atoms with Crippen LogP contribution in [0.1, 0.15) is 48.7 Å². The molecule has 1 aliphatic rings. The van der Waals surface area contributed by atoms with E-state index in [1.54, 1.807) is 6.33 Å². The second kappa shape index (κ2) is 4.94. The van der Waals surface area contributed by atoms with Crippen LogP contribution in [0.4, 0.5) is 0 Å². The normalized spacial score (nSPS) is 18.8. The fraction of sp³-hybridized carbons (Fsp3) is 0.538. The van der Waals surface area contributed by atoms with Crippen molar-refractivity contribution in [2.24, 2.45) is 0 Å². The molecule has 1 aliphatic heterocycles. The highest BCUT2D eigenvalue weighted by Crippen LogP contribution is 2.24. The molecule has 0 saturated carbocycles. The van der Waals surface area contributed by atoms with Crippen LogP contribution in [-0.4, -0.2) is 26.5 Å². The molecule has 1 atom stereocenters. The zero-order valence-corrected chi connectivity index (χ0v) is 10.7. The molecular formula is C13H19N5. The SMILES string of the molecule is CCCCc1ncc([C@@H]2NCCc3[nH]cnc32)[nH]1. The molecular weight excluding hydrogens is 226 g/mol. The van der Waals surface area contributed by atoms with Gasteiger partial charge in [0.05, 0.1) is 30.0 Å². The molecule has 0 aromatic carbocycles. The predicted molar refractivity (Wildman–Crippen MR) is 69.3 cm³/mol. The molecule has 0 bridgehead atoms. The van der Waals surface area contributed by atoms with Gasteiger partial charge in [0, 0.05) is 25.1 Å². The minimum atomic E-state index is 0.155. The van der Waals surface area contributed by atoms with Crippen molar-refractivity contribution in [3.05, 3.63) is 35.4 Å². The molecule has 0 amide bonds. The van der Waals surface area contributed by atoms with Crippen molar-refractivity contribution in [1.82, 2.24) is 25.3 Å². The summed E-state index contributed by atoms with van der Waals surface area (Å²) in [4.78, 5) is 15.5. The van der Waals surface area contributed by atoms with Crippen LogP contribution in [0.15, 0.2) is 12.5 Å². The maximum Gasteiger partial charge on any atom is 0.106 e. The van der Waals surface area contributed by atoms with E-state index in [-0.39, 0.29) is 6.04 Å². The number of aromatic nitrogens is 4. The molecule has 3 heterocycles. The van der Waals surface area contributed by atoms with E-state index >= 15 is 0 Å². The Morgan fingerprint density at radius 2 is 2.33 bits per heavy atom. The molecule has 0 radical (unpaired) electrons. The highest BCUT2D eigenvalue weighted by molar-refractivity contribution is 5.27. The van der Waals surface area contributed by atoms with Crippen LogP contribution in [0.5, 0.6) is 0 Å². The van der Waals surface area contributed by atoms with Crippen molar-refractivity contribution in [1.29, 1.82) is 0 Å². The van der Waals surface area contributed by atoms with E-state index in [4.69, 9.17) is 0 Å². The van der Waals surface area contributed by atoms with Crippen LogP contribution in [0.25, 0.3) is 0 Å². The Hall–Kier alpha value is -1.62. The van der Waals surface area contributed by atoms with Gasteiger partial charge in [0.2, 0.25) is 0 Å². The van der Waals surface area contributed by atoms with Gasteiger partial charge in [-0.2, -0.15) is 0 Å². The molecule has 0 saturated heterocycles. The van der Waals surface area contributed by atoms with Crippen molar-refractivity contribution >= 4 is 0 Å². The van der Waals surface area contributed by atoms with Gasteiger partial charge in [0.1, 0.15) is 5.82 Å². The van der Waals surface area contributed by atoms with Gasteiger partial charge in [0.25, 0.3) is 0 Å². The minimum Gasteiger partial charge on any atom is -0.348 e. The van der Waals surface area contributed by atoms with E-state index in [1.165, 1.54) is 18.5 Å². The molecule has 5 nitrogen and oxygen atoms in total. The first-order valence-corrected chi connectivity index (χ1v) is 6.67. The Morgan fingerprint density at radius 3 is 3.22 bits per heavy atom. The number of nitrogens with one attached hydrogen (secondary N) is 3. The van der Waals surface area contributed by atoms with Gasteiger partial charge in [-0.1, -0.05) is 13.3 Å². The Bertz CT molecular complexity index is 513. The molecule has 0 fully saturated rings.